The third kappa shape index (κ3) is 3.15. The molecule has 3 heterocycles. The summed E-state index contributed by atoms with van der Waals surface area (Å²) in [6.45, 7) is 4.12. The Kier molecular flexibility index (Phi) is 4.46. The minimum Gasteiger partial charge on any atom is -0.342 e. The highest BCUT2D eigenvalue weighted by Crippen LogP contribution is 2.30. The fourth-order valence-corrected chi connectivity index (χ4v) is 4.45. The van der Waals surface area contributed by atoms with Crippen LogP contribution in [0.15, 0.2) is 24.3 Å². The summed E-state index contributed by atoms with van der Waals surface area (Å²) >= 11 is 0. The van der Waals surface area contributed by atoms with Gasteiger partial charge in [-0.15, -0.1) is 0 Å². The Morgan fingerprint density at radius 2 is 1.64 bits per heavy atom. The summed E-state index contributed by atoms with van der Waals surface area (Å²) in [7, 11) is 0. The summed E-state index contributed by atoms with van der Waals surface area (Å²) < 4.78 is 13.1. The maximum Gasteiger partial charge on any atom is 0.239 e. The third-order valence-corrected chi connectivity index (χ3v) is 5.97. The number of hydrogen-bond acceptors (Lipinski definition) is 3. The first kappa shape index (κ1) is 16.5. The normalized spacial score (nSPS) is 29.6. The fraction of sp³-hybridized carbons (Fsp3) is 0.579. The topological polar surface area (TPSA) is 52.7 Å². The molecule has 134 valence electrons. The number of amides is 2. The number of benzene rings is 1. The maximum atomic E-state index is 13.1. The molecule has 0 saturated carbocycles. The summed E-state index contributed by atoms with van der Waals surface area (Å²) in [6, 6.07) is 5.89. The van der Waals surface area contributed by atoms with Crippen LogP contribution in [0, 0.1) is 23.6 Å². The number of nitrogens with zero attached hydrogens (tertiary/aromatic N) is 2. The van der Waals surface area contributed by atoms with Crippen molar-refractivity contribution in [3.05, 3.63) is 30.1 Å². The van der Waals surface area contributed by atoms with Gasteiger partial charge in [0.1, 0.15) is 11.7 Å². The van der Waals surface area contributed by atoms with Crippen LogP contribution in [0.4, 0.5) is 10.1 Å². The zero-order chi connectivity index (χ0) is 17.4. The summed E-state index contributed by atoms with van der Waals surface area (Å²) in [4.78, 5) is 29.2. The van der Waals surface area contributed by atoms with E-state index in [9.17, 15) is 14.0 Å². The Labute approximate surface area is 147 Å². The fourth-order valence-electron chi connectivity index (χ4n) is 4.45. The second kappa shape index (κ2) is 6.75. The van der Waals surface area contributed by atoms with Gasteiger partial charge in [-0.3, -0.25) is 9.59 Å². The molecular weight excluding hydrogens is 321 g/mol. The number of rotatable bonds is 2. The molecule has 3 saturated heterocycles. The van der Waals surface area contributed by atoms with Crippen LogP contribution in [-0.4, -0.2) is 49.4 Å². The van der Waals surface area contributed by atoms with Crippen LogP contribution in [0.3, 0.4) is 0 Å². The van der Waals surface area contributed by atoms with Gasteiger partial charge in [0.05, 0.1) is 0 Å². The molecule has 0 aromatic heterocycles. The number of fused-ring (bicyclic) bond motifs is 1. The van der Waals surface area contributed by atoms with Gasteiger partial charge in [-0.25, -0.2) is 4.39 Å². The molecular formula is C19H24FN3O2. The van der Waals surface area contributed by atoms with E-state index >= 15 is 0 Å². The molecule has 3 fully saturated rings. The molecule has 1 aromatic carbocycles. The van der Waals surface area contributed by atoms with Crippen LogP contribution in [0.1, 0.15) is 19.3 Å². The Morgan fingerprint density at radius 1 is 1.00 bits per heavy atom. The lowest BCUT2D eigenvalue weighted by Crippen LogP contribution is -2.41. The highest BCUT2D eigenvalue weighted by molar-refractivity contribution is 6.09. The first-order valence-corrected chi connectivity index (χ1v) is 9.20. The highest BCUT2D eigenvalue weighted by Gasteiger charge is 2.41. The number of carbonyl (C=O) groups is 2. The lowest BCUT2D eigenvalue weighted by Gasteiger charge is -2.24. The first-order valence-electron chi connectivity index (χ1n) is 9.20. The molecule has 3 aliphatic rings. The standard InChI is InChI=1S/C19H24FN3O2/c20-15-1-3-16(4-2-15)23-10-7-17(19(23)25)18(24)22-8-5-13-11-21-12-14(13)6-9-22/h1-4,13-14,17,21H,5-12H2/t13-,14+,17?. The number of anilines is 1. The minimum absolute atomic E-state index is 0.0254. The van der Waals surface area contributed by atoms with Crippen molar-refractivity contribution in [2.24, 2.45) is 17.8 Å². The third-order valence-electron chi connectivity index (χ3n) is 5.97. The van der Waals surface area contributed by atoms with E-state index in [-0.39, 0.29) is 17.6 Å². The molecule has 25 heavy (non-hydrogen) atoms. The molecule has 3 atom stereocenters. The van der Waals surface area contributed by atoms with E-state index in [4.69, 9.17) is 0 Å². The number of hydrogen-bond donors (Lipinski definition) is 1. The van der Waals surface area contributed by atoms with Gasteiger partial charge in [0.15, 0.2) is 0 Å². The summed E-state index contributed by atoms with van der Waals surface area (Å²) in [6.07, 6.45) is 2.58. The van der Waals surface area contributed by atoms with Crippen LogP contribution in [0.5, 0.6) is 0 Å². The molecule has 0 bridgehead atoms. The Morgan fingerprint density at radius 3 is 2.28 bits per heavy atom. The summed E-state index contributed by atoms with van der Waals surface area (Å²) in [5.41, 5.74) is 0.665. The van der Waals surface area contributed by atoms with Crippen LogP contribution in [0.2, 0.25) is 0 Å². The summed E-state index contributed by atoms with van der Waals surface area (Å²) in [5.74, 6) is 0.236. The van der Waals surface area contributed by atoms with E-state index in [1.807, 2.05) is 4.90 Å². The predicted octanol–water partition coefficient (Wildman–Crippen LogP) is 1.64. The van der Waals surface area contributed by atoms with Gasteiger partial charge in [0.2, 0.25) is 11.8 Å². The molecule has 0 aliphatic carbocycles. The second-order valence-electron chi connectivity index (χ2n) is 7.39. The van der Waals surface area contributed by atoms with Crippen molar-refractivity contribution in [1.29, 1.82) is 0 Å². The van der Waals surface area contributed by atoms with Crippen molar-refractivity contribution in [3.8, 4) is 0 Å². The largest absolute Gasteiger partial charge is 0.342 e. The number of likely N-dealkylation sites (tertiary alicyclic amines) is 1. The van der Waals surface area contributed by atoms with Crippen molar-refractivity contribution in [2.75, 3.05) is 37.6 Å². The summed E-state index contributed by atoms with van der Waals surface area (Å²) in [5, 5.41) is 3.44. The van der Waals surface area contributed by atoms with E-state index in [2.05, 4.69) is 5.32 Å². The van der Waals surface area contributed by atoms with E-state index in [1.165, 1.54) is 12.1 Å². The Hall–Kier alpha value is -1.95. The van der Waals surface area contributed by atoms with Crippen LogP contribution in [-0.2, 0) is 9.59 Å². The SMILES string of the molecule is O=C(C1CCN(c2ccc(F)cc2)C1=O)N1CC[C@@H]2CNC[C@@H]2CC1. The van der Waals surface area contributed by atoms with Gasteiger partial charge >= 0.3 is 0 Å². The van der Waals surface area contributed by atoms with Crippen molar-refractivity contribution in [3.63, 3.8) is 0 Å². The van der Waals surface area contributed by atoms with Gasteiger partial charge < -0.3 is 15.1 Å². The molecule has 4 rings (SSSR count). The van der Waals surface area contributed by atoms with Crippen molar-refractivity contribution < 1.29 is 14.0 Å². The zero-order valence-electron chi connectivity index (χ0n) is 14.3. The second-order valence-corrected chi connectivity index (χ2v) is 7.39. The van der Waals surface area contributed by atoms with Gasteiger partial charge in [-0.05, 0) is 68.5 Å². The maximum absolute atomic E-state index is 13.1. The molecule has 1 unspecified atom stereocenters. The molecule has 1 N–H and O–H groups in total. The quantitative estimate of drug-likeness (QED) is 0.829. The van der Waals surface area contributed by atoms with Gasteiger partial charge in [0, 0.05) is 25.3 Å². The average Bonchev–Trinajstić information content (AvgIpc) is 3.17. The smallest absolute Gasteiger partial charge is 0.239 e. The van der Waals surface area contributed by atoms with Crippen molar-refractivity contribution >= 4 is 17.5 Å². The lowest BCUT2D eigenvalue weighted by molar-refractivity contribution is -0.139. The van der Waals surface area contributed by atoms with E-state index in [0.29, 0.717) is 30.5 Å². The van der Waals surface area contributed by atoms with Gasteiger partial charge in [-0.2, -0.15) is 0 Å². The van der Waals surface area contributed by atoms with Crippen LogP contribution in [0.25, 0.3) is 0 Å². The average molecular weight is 345 g/mol. The van der Waals surface area contributed by atoms with Crippen molar-refractivity contribution in [2.45, 2.75) is 19.3 Å². The Bertz CT molecular complexity index is 649. The molecule has 2 amide bonds. The molecule has 0 radical (unpaired) electrons. The Balaban J connectivity index is 1.42. The minimum atomic E-state index is -0.582. The van der Waals surface area contributed by atoms with Crippen LogP contribution < -0.4 is 10.2 Å². The monoisotopic (exact) mass is 345 g/mol. The molecule has 1 aromatic rings. The molecule has 3 aliphatic heterocycles. The van der Waals surface area contributed by atoms with Crippen LogP contribution >= 0.6 is 0 Å². The van der Waals surface area contributed by atoms with E-state index in [0.717, 1.165) is 39.0 Å². The number of carbonyl (C=O) groups excluding carboxylic acids is 2. The zero-order valence-corrected chi connectivity index (χ0v) is 14.3. The van der Waals surface area contributed by atoms with Gasteiger partial charge in [0.25, 0.3) is 0 Å². The highest BCUT2D eigenvalue weighted by atomic mass is 19.1. The van der Waals surface area contributed by atoms with E-state index in [1.54, 1.807) is 17.0 Å². The number of nitrogens with one attached hydrogen (secondary N) is 1. The van der Waals surface area contributed by atoms with Gasteiger partial charge in [-0.1, -0.05) is 0 Å². The number of halogens is 1. The lowest BCUT2D eigenvalue weighted by atomic mass is 9.92. The molecule has 0 spiro atoms. The molecule has 6 heteroatoms. The van der Waals surface area contributed by atoms with Crippen molar-refractivity contribution in [1.82, 2.24) is 10.2 Å². The predicted molar refractivity (Wildman–Crippen MR) is 92.5 cm³/mol. The first-order chi connectivity index (χ1) is 12.1. The van der Waals surface area contributed by atoms with E-state index < -0.39 is 5.92 Å². The molecule has 5 nitrogen and oxygen atoms in total.